The molecule has 0 bridgehead atoms. The van der Waals surface area contributed by atoms with Gasteiger partial charge < -0.3 is 10.1 Å². The lowest BCUT2D eigenvalue weighted by Crippen LogP contribution is -2.11. The zero-order valence-electron chi connectivity index (χ0n) is 7.55. The minimum absolute atomic E-state index is 0.300. The smallest absolute Gasteiger partial charge is 0.253 e. The largest absolute Gasteiger partial charge is 0.391 e. The zero-order chi connectivity index (χ0) is 11.0. The number of halogens is 2. The van der Waals surface area contributed by atoms with Crippen LogP contribution in [0, 0.1) is 0 Å². The number of aliphatic hydroxyl groups is 1. The maximum absolute atomic E-state index is 11.4. The summed E-state index contributed by atoms with van der Waals surface area (Å²) in [7, 11) is 0. The standard InChI is InChI=1S/C10H7Cl2NO2/c11-7-2-5-1-6(4-14)10(15)13-9(5)3-8(7)12/h1-3,14H,4H2,(H,13,15). The first-order chi connectivity index (χ1) is 7.11. The van der Waals surface area contributed by atoms with Crippen LogP contribution in [-0.2, 0) is 6.61 Å². The highest BCUT2D eigenvalue weighted by atomic mass is 35.5. The number of aliphatic hydroxyl groups excluding tert-OH is 1. The third-order valence-electron chi connectivity index (χ3n) is 2.13. The van der Waals surface area contributed by atoms with Crippen molar-refractivity contribution < 1.29 is 5.11 Å². The molecule has 15 heavy (non-hydrogen) atoms. The Kier molecular flexibility index (Phi) is 2.69. The second-order valence-corrected chi connectivity index (χ2v) is 3.95. The van der Waals surface area contributed by atoms with Gasteiger partial charge in [-0.05, 0) is 18.2 Å². The third-order valence-corrected chi connectivity index (χ3v) is 2.85. The first-order valence-corrected chi connectivity index (χ1v) is 4.99. The summed E-state index contributed by atoms with van der Waals surface area (Å²) in [6, 6.07) is 4.83. The van der Waals surface area contributed by atoms with Gasteiger partial charge in [0, 0.05) is 16.5 Å². The van der Waals surface area contributed by atoms with Gasteiger partial charge in [-0.15, -0.1) is 0 Å². The molecular weight excluding hydrogens is 237 g/mol. The number of nitrogens with one attached hydrogen (secondary N) is 1. The Morgan fingerprint density at radius 1 is 1.20 bits per heavy atom. The summed E-state index contributed by atoms with van der Waals surface area (Å²) < 4.78 is 0. The second-order valence-electron chi connectivity index (χ2n) is 3.14. The quantitative estimate of drug-likeness (QED) is 0.808. The molecule has 0 aliphatic carbocycles. The Balaban J connectivity index is 2.82. The highest BCUT2D eigenvalue weighted by Crippen LogP contribution is 2.26. The molecule has 78 valence electrons. The van der Waals surface area contributed by atoms with E-state index in [1.165, 1.54) is 0 Å². The summed E-state index contributed by atoms with van der Waals surface area (Å²) in [5.41, 5.74) is 0.593. The maximum atomic E-state index is 11.4. The number of aromatic amines is 1. The van der Waals surface area contributed by atoms with Crippen molar-refractivity contribution in [2.45, 2.75) is 6.61 Å². The molecule has 0 aliphatic heterocycles. The van der Waals surface area contributed by atoms with Crippen LogP contribution < -0.4 is 5.56 Å². The number of fused-ring (bicyclic) bond motifs is 1. The Hall–Kier alpha value is -1.03. The predicted octanol–water partition coefficient (Wildman–Crippen LogP) is 2.33. The van der Waals surface area contributed by atoms with Crippen molar-refractivity contribution in [2.24, 2.45) is 0 Å². The van der Waals surface area contributed by atoms with Crippen LogP contribution in [0.5, 0.6) is 0 Å². The number of aromatic nitrogens is 1. The van der Waals surface area contributed by atoms with E-state index >= 15 is 0 Å². The highest BCUT2D eigenvalue weighted by molar-refractivity contribution is 6.42. The van der Waals surface area contributed by atoms with Crippen LogP contribution in [0.4, 0.5) is 0 Å². The van der Waals surface area contributed by atoms with Gasteiger partial charge in [0.05, 0.1) is 16.7 Å². The summed E-state index contributed by atoms with van der Waals surface area (Å²) in [4.78, 5) is 14.0. The van der Waals surface area contributed by atoms with Gasteiger partial charge in [0.1, 0.15) is 0 Å². The molecule has 2 rings (SSSR count). The Bertz CT molecular complexity index is 577. The third kappa shape index (κ3) is 1.86. The van der Waals surface area contributed by atoms with Crippen molar-refractivity contribution in [3.05, 3.63) is 44.2 Å². The highest BCUT2D eigenvalue weighted by Gasteiger charge is 2.05. The van der Waals surface area contributed by atoms with Crippen LogP contribution in [0.3, 0.4) is 0 Å². The zero-order valence-corrected chi connectivity index (χ0v) is 9.06. The molecule has 0 saturated carbocycles. The molecule has 1 heterocycles. The fourth-order valence-electron chi connectivity index (χ4n) is 1.36. The van der Waals surface area contributed by atoms with Crippen molar-refractivity contribution in [3.63, 3.8) is 0 Å². The lowest BCUT2D eigenvalue weighted by atomic mass is 10.1. The van der Waals surface area contributed by atoms with Crippen LogP contribution >= 0.6 is 23.2 Å². The first kappa shape index (κ1) is 10.5. The molecule has 1 aromatic heterocycles. The molecular formula is C10H7Cl2NO2. The van der Waals surface area contributed by atoms with Crippen molar-refractivity contribution in [2.75, 3.05) is 0 Å². The van der Waals surface area contributed by atoms with Gasteiger partial charge in [-0.25, -0.2) is 0 Å². The normalized spacial score (nSPS) is 10.9. The van der Waals surface area contributed by atoms with E-state index in [0.29, 0.717) is 21.1 Å². The lowest BCUT2D eigenvalue weighted by molar-refractivity contribution is 0.280. The molecule has 0 atom stereocenters. The van der Waals surface area contributed by atoms with Gasteiger partial charge in [0.2, 0.25) is 0 Å². The van der Waals surface area contributed by atoms with Crippen molar-refractivity contribution in [1.29, 1.82) is 0 Å². The Morgan fingerprint density at radius 2 is 1.87 bits per heavy atom. The van der Waals surface area contributed by atoms with Gasteiger partial charge in [-0.2, -0.15) is 0 Å². The SMILES string of the molecule is O=c1[nH]c2cc(Cl)c(Cl)cc2cc1CO. The minimum Gasteiger partial charge on any atom is -0.391 e. The molecule has 2 aromatic rings. The Morgan fingerprint density at radius 3 is 2.53 bits per heavy atom. The number of rotatable bonds is 1. The second kappa shape index (κ2) is 3.85. The molecule has 1 aromatic carbocycles. The molecule has 0 spiro atoms. The average molecular weight is 244 g/mol. The topological polar surface area (TPSA) is 53.1 Å². The summed E-state index contributed by atoms with van der Waals surface area (Å²) >= 11 is 11.6. The van der Waals surface area contributed by atoms with Gasteiger partial charge >= 0.3 is 0 Å². The average Bonchev–Trinajstić information content (AvgIpc) is 2.20. The molecule has 0 unspecified atom stereocenters. The molecule has 0 aliphatic rings. The van der Waals surface area contributed by atoms with E-state index in [1.807, 2.05) is 0 Å². The summed E-state index contributed by atoms with van der Waals surface area (Å²) in [6.45, 7) is -0.300. The predicted molar refractivity (Wildman–Crippen MR) is 60.5 cm³/mol. The molecule has 0 fully saturated rings. The van der Waals surface area contributed by atoms with E-state index in [9.17, 15) is 4.79 Å². The fourth-order valence-corrected chi connectivity index (χ4v) is 1.70. The van der Waals surface area contributed by atoms with Crippen molar-refractivity contribution >= 4 is 34.1 Å². The number of hydrogen-bond acceptors (Lipinski definition) is 2. The van der Waals surface area contributed by atoms with Crippen LogP contribution in [0.25, 0.3) is 10.9 Å². The van der Waals surface area contributed by atoms with Gasteiger partial charge in [-0.3, -0.25) is 4.79 Å². The maximum Gasteiger partial charge on any atom is 0.253 e. The molecule has 0 amide bonds. The fraction of sp³-hybridized carbons (Fsp3) is 0.100. The molecule has 2 N–H and O–H groups in total. The molecule has 0 radical (unpaired) electrons. The summed E-state index contributed by atoms with van der Waals surface area (Å²) in [5, 5.41) is 10.5. The van der Waals surface area contributed by atoms with Crippen molar-refractivity contribution in [1.82, 2.24) is 4.98 Å². The number of benzene rings is 1. The first-order valence-electron chi connectivity index (χ1n) is 4.23. The Labute approximate surface area is 95.3 Å². The van der Waals surface area contributed by atoms with Crippen LogP contribution in [0.2, 0.25) is 10.0 Å². The molecule has 3 nitrogen and oxygen atoms in total. The molecule has 5 heteroatoms. The lowest BCUT2D eigenvalue weighted by Gasteiger charge is -2.02. The van der Waals surface area contributed by atoms with E-state index in [2.05, 4.69) is 4.98 Å². The van der Waals surface area contributed by atoms with Crippen LogP contribution in [-0.4, -0.2) is 10.1 Å². The van der Waals surface area contributed by atoms with Gasteiger partial charge in [-0.1, -0.05) is 23.2 Å². The minimum atomic E-state index is -0.316. The number of H-pyrrole nitrogens is 1. The van der Waals surface area contributed by atoms with Crippen molar-refractivity contribution in [3.8, 4) is 0 Å². The van der Waals surface area contributed by atoms with Crippen LogP contribution in [0.15, 0.2) is 23.0 Å². The van der Waals surface area contributed by atoms with Gasteiger partial charge in [0.25, 0.3) is 5.56 Å². The van der Waals surface area contributed by atoms with E-state index in [0.717, 1.165) is 5.39 Å². The molecule has 0 saturated heterocycles. The van der Waals surface area contributed by atoms with E-state index in [4.69, 9.17) is 28.3 Å². The van der Waals surface area contributed by atoms with E-state index < -0.39 is 0 Å². The summed E-state index contributed by atoms with van der Waals surface area (Å²) in [5.74, 6) is 0. The number of hydrogen-bond donors (Lipinski definition) is 2. The van der Waals surface area contributed by atoms with Crippen LogP contribution in [0.1, 0.15) is 5.56 Å². The van der Waals surface area contributed by atoms with E-state index in [-0.39, 0.29) is 12.2 Å². The van der Waals surface area contributed by atoms with E-state index in [1.54, 1.807) is 18.2 Å². The number of pyridine rings is 1. The monoisotopic (exact) mass is 243 g/mol. The van der Waals surface area contributed by atoms with Gasteiger partial charge in [0.15, 0.2) is 0 Å². The summed E-state index contributed by atoms with van der Waals surface area (Å²) in [6.07, 6.45) is 0.